The fourth-order valence-electron chi connectivity index (χ4n) is 4.41. The summed E-state index contributed by atoms with van der Waals surface area (Å²) in [4.78, 5) is 0. The Bertz CT molecular complexity index is 536. The van der Waals surface area contributed by atoms with Crippen LogP contribution in [-0.4, -0.2) is 7.11 Å². The van der Waals surface area contributed by atoms with E-state index in [0.717, 1.165) is 29.4 Å². The second kappa shape index (κ2) is 9.85. The SMILES string of the molecule is C.C=CC1CCC(/C=C/C2CCC(c3ccc(OC)cc3)CC2)CC1.[HH].[HH]. The minimum atomic E-state index is 0. The summed E-state index contributed by atoms with van der Waals surface area (Å²) < 4.78 is 5.26. The van der Waals surface area contributed by atoms with Gasteiger partial charge >= 0.3 is 0 Å². The molecular weight excluding hydrogens is 304 g/mol. The molecule has 25 heavy (non-hydrogen) atoms. The molecule has 0 atom stereocenters. The first kappa shape index (κ1) is 19.8. The van der Waals surface area contributed by atoms with Gasteiger partial charge in [0, 0.05) is 2.85 Å². The topological polar surface area (TPSA) is 9.23 Å². The molecule has 0 bridgehead atoms. The van der Waals surface area contributed by atoms with E-state index in [2.05, 4.69) is 49.1 Å². The average Bonchev–Trinajstić information content (AvgIpc) is 2.67. The van der Waals surface area contributed by atoms with Crippen LogP contribution in [0.2, 0.25) is 0 Å². The van der Waals surface area contributed by atoms with Gasteiger partial charge in [-0.2, -0.15) is 0 Å². The monoisotopic (exact) mass is 344 g/mol. The summed E-state index contributed by atoms with van der Waals surface area (Å²) >= 11 is 0. The zero-order valence-corrected chi connectivity index (χ0v) is 15.1. The van der Waals surface area contributed by atoms with Crippen LogP contribution in [0.4, 0.5) is 0 Å². The van der Waals surface area contributed by atoms with Crippen LogP contribution in [0.15, 0.2) is 49.1 Å². The van der Waals surface area contributed by atoms with Crippen molar-refractivity contribution in [1.82, 2.24) is 0 Å². The Balaban J connectivity index is 0.00000225. The Kier molecular flexibility index (Phi) is 7.81. The lowest BCUT2D eigenvalue weighted by Crippen LogP contribution is -2.13. The van der Waals surface area contributed by atoms with Crippen LogP contribution < -0.4 is 4.74 Å². The Morgan fingerprint density at radius 3 is 1.80 bits per heavy atom. The maximum Gasteiger partial charge on any atom is 0.118 e. The summed E-state index contributed by atoms with van der Waals surface area (Å²) in [5, 5.41) is 0. The van der Waals surface area contributed by atoms with Crippen LogP contribution in [0.1, 0.15) is 73.1 Å². The summed E-state index contributed by atoms with van der Waals surface area (Å²) in [7, 11) is 1.73. The van der Waals surface area contributed by atoms with Gasteiger partial charge < -0.3 is 4.74 Å². The molecule has 0 amide bonds. The number of allylic oxidation sites excluding steroid dienone is 3. The van der Waals surface area contributed by atoms with E-state index in [1.165, 1.54) is 56.9 Å². The van der Waals surface area contributed by atoms with E-state index in [0.29, 0.717) is 0 Å². The molecule has 142 valence electrons. The fourth-order valence-corrected chi connectivity index (χ4v) is 4.41. The van der Waals surface area contributed by atoms with E-state index >= 15 is 0 Å². The summed E-state index contributed by atoms with van der Waals surface area (Å²) in [5.74, 6) is 4.09. The first-order valence-electron chi connectivity index (χ1n) is 9.73. The summed E-state index contributed by atoms with van der Waals surface area (Å²) in [6.07, 6.45) is 18.0. The van der Waals surface area contributed by atoms with Crippen molar-refractivity contribution in [2.75, 3.05) is 7.11 Å². The smallest absolute Gasteiger partial charge is 0.118 e. The minimum absolute atomic E-state index is 0. The fraction of sp³-hybridized carbons (Fsp3) is 0.583. The first-order valence-corrected chi connectivity index (χ1v) is 9.73. The summed E-state index contributed by atoms with van der Waals surface area (Å²) in [5.41, 5.74) is 1.49. The lowest BCUT2D eigenvalue weighted by Gasteiger charge is -2.28. The van der Waals surface area contributed by atoms with Crippen molar-refractivity contribution < 1.29 is 7.59 Å². The third-order valence-corrected chi connectivity index (χ3v) is 6.16. The van der Waals surface area contributed by atoms with Gasteiger partial charge in [0.05, 0.1) is 7.11 Å². The molecule has 0 spiro atoms. The Hall–Kier alpha value is -1.50. The number of hydrogen-bond donors (Lipinski definition) is 0. The highest BCUT2D eigenvalue weighted by molar-refractivity contribution is 5.29. The normalized spacial score (nSPS) is 29.8. The molecule has 1 nitrogen and oxygen atoms in total. The van der Waals surface area contributed by atoms with E-state index in [1.54, 1.807) is 7.11 Å². The molecule has 2 aliphatic rings. The molecule has 0 radical (unpaired) electrons. The molecule has 0 heterocycles. The molecule has 2 saturated carbocycles. The van der Waals surface area contributed by atoms with Gasteiger partial charge in [-0.3, -0.25) is 0 Å². The van der Waals surface area contributed by atoms with Crippen LogP contribution >= 0.6 is 0 Å². The predicted octanol–water partition coefficient (Wildman–Crippen LogP) is 7.65. The highest BCUT2D eigenvalue weighted by atomic mass is 16.5. The predicted molar refractivity (Wildman–Crippen MR) is 113 cm³/mol. The molecule has 1 aromatic carbocycles. The molecular formula is C24H40O. The number of ether oxygens (including phenoxy) is 1. The maximum absolute atomic E-state index is 5.26. The third-order valence-electron chi connectivity index (χ3n) is 6.16. The lowest BCUT2D eigenvalue weighted by atomic mass is 9.77. The van der Waals surface area contributed by atoms with Gasteiger partial charge in [0.15, 0.2) is 0 Å². The standard InChI is InChI=1S/C23H32O.CH4.2H2/c1-3-18-4-6-19(7-5-18)8-9-20-10-12-21(13-11-20)22-14-16-23(24-2)17-15-22;;;/h3,8-9,14-21H,1,4-7,10-13H2,2H3;1H4;2*1H/b9-8+;;;. The minimum Gasteiger partial charge on any atom is -0.497 e. The molecule has 0 N–H and O–H groups in total. The summed E-state index contributed by atoms with van der Waals surface area (Å²) in [6.45, 7) is 3.95. The zero-order valence-electron chi connectivity index (χ0n) is 15.1. The highest BCUT2D eigenvalue weighted by Gasteiger charge is 2.22. The Labute approximate surface area is 158 Å². The Morgan fingerprint density at radius 2 is 1.32 bits per heavy atom. The molecule has 2 fully saturated rings. The number of hydrogen-bond acceptors (Lipinski definition) is 1. The van der Waals surface area contributed by atoms with Crippen LogP contribution in [-0.2, 0) is 0 Å². The average molecular weight is 345 g/mol. The van der Waals surface area contributed by atoms with Crippen molar-refractivity contribution in [2.24, 2.45) is 17.8 Å². The van der Waals surface area contributed by atoms with Crippen LogP contribution in [0.5, 0.6) is 5.75 Å². The number of methoxy groups -OCH3 is 1. The Morgan fingerprint density at radius 1 is 0.840 bits per heavy atom. The molecule has 3 rings (SSSR count). The van der Waals surface area contributed by atoms with E-state index < -0.39 is 0 Å². The van der Waals surface area contributed by atoms with Gasteiger partial charge in [-0.1, -0.05) is 37.8 Å². The van der Waals surface area contributed by atoms with Crippen LogP contribution in [0.25, 0.3) is 0 Å². The van der Waals surface area contributed by atoms with Crippen molar-refractivity contribution in [3.63, 3.8) is 0 Å². The number of rotatable bonds is 5. The van der Waals surface area contributed by atoms with Crippen molar-refractivity contribution in [3.8, 4) is 5.75 Å². The van der Waals surface area contributed by atoms with Gasteiger partial charge in [0.25, 0.3) is 0 Å². The van der Waals surface area contributed by atoms with Crippen molar-refractivity contribution >= 4 is 0 Å². The third kappa shape index (κ3) is 5.49. The lowest BCUT2D eigenvalue weighted by molar-refractivity contribution is 0.349. The second-order valence-corrected chi connectivity index (χ2v) is 7.68. The molecule has 1 aromatic rings. The first-order chi connectivity index (χ1) is 11.8. The number of benzene rings is 1. The van der Waals surface area contributed by atoms with Gasteiger partial charge in [0.2, 0.25) is 0 Å². The molecule has 1 heteroatoms. The molecule has 0 unspecified atom stereocenters. The molecule has 0 aliphatic heterocycles. The van der Waals surface area contributed by atoms with Gasteiger partial charge in [-0.15, -0.1) is 6.58 Å². The van der Waals surface area contributed by atoms with Crippen molar-refractivity contribution in [3.05, 3.63) is 54.6 Å². The van der Waals surface area contributed by atoms with Crippen LogP contribution in [0.3, 0.4) is 0 Å². The van der Waals surface area contributed by atoms with Crippen molar-refractivity contribution in [2.45, 2.75) is 64.7 Å². The van der Waals surface area contributed by atoms with E-state index in [1.807, 2.05) is 0 Å². The van der Waals surface area contributed by atoms with Crippen molar-refractivity contribution in [1.29, 1.82) is 0 Å². The molecule has 0 aromatic heterocycles. The second-order valence-electron chi connectivity index (χ2n) is 7.68. The van der Waals surface area contributed by atoms with E-state index in [4.69, 9.17) is 4.74 Å². The molecule has 2 aliphatic carbocycles. The zero-order chi connectivity index (χ0) is 16.8. The van der Waals surface area contributed by atoms with Gasteiger partial charge in [-0.25, -0.2) is 0 Å². The van der Waals surface area contributed by atoms with Gasteiger partial charge in [0.1, 0.15) is 5.75 Å². The van der Waals surface area contributed by atoms with Gasteiger partial charge in [-0.05, 0) is 92.7 Å². The highest BCUT2D eigenvalue weighted by Crippen LogP contribution is 2.37. The van der Waals surface area contributed by atoms with E-state index in [9.17, 15) is 0 Å². The van der Waals surface area contributed by atoms with E-state index in [-0.39, 0.29) is 10.3 Å². The summed E-state index contributed by atoms with van der Waals surface area (Å²) in [6, 6.07) is 8.69. The van der Waals surface area contributed by atoms with Crippen LogP contribution in [0, 0.1) is 17.8 Å². The molecule has 0 saturated heterocycles. The maximum atomic E-state index is 5.26. The quantitative estimate of drug-likeness (QED) is 0.498. The largest absolute Gasteiger partial charge is 0.497 e.